The van der Waals surface area contributed by atoms with E-state index in [1.54, 1.807) is 0 Å². The predicted molar refractivity (Wildman–Crippen MR) is 81.5 cm³/mol. The lowest BCUT2D eigenvalue weighted by Crippen LogP contribution is -2.40. The fourth-order valence-electron chi connectivity index (χ4n) is 3.24. The maximum Gasteiger partial charge on any atom is 0.119 e. The van der Waals surface area contributed by atoms with Crippen molar-refractivity contribution in [2.24, 2.45) is 5.92 Å². The van der Waals surface area contributed by atoms with Crippen molar-refractivity contribution in [3.63, 3.8) is 0 Å². The molecule has 4 heteroatoms. The summed E-state index contributed by atoms with van der Waals surface area (Å²) in [5.74, 6) is 1.55. The molecular formula is C17H25NO3. The highest BCUT2D eigenvalue weighted by Crippen LogP contribution is 2.25. The summed E-state index contributed by atoms with van der Waals surface area (Å²) in [6, 6.07) is 9.72. The SMILES string of the molecule is O[C@@]1(COc2ccccc2)CCN(CC2CCOCC2)C1. The van der Waals surface area contributed by atoms with Crippen LogP contribution in [0.1, 0.15) is 19.3 Å². The zero-order chi connectivity index (χ0) is 14.5. The molecule has 3 rings (SSSR count). The third kappa shape index (κ3) is 4.19. The number of β-amino-alcohol motifs (C(OH)–C–C–N with tert-alkyl or cyclic N) is 1. The summed E-state index contributed by atoms with van der Waals surface area (Å²) >= 11 is 0. The quantitative estimate of drug-likeness (QED) is 0.900. The molecule has 4 nitrogen and oxygen atoms in total. The van der Waals surface area contributed by atoms with Crippen molar-refractivity contribution in [1.82, 2.24) is 4.90 Å². The smallest absolute Gasteiger partial charge is 0.119 e. The van der Waals surface area contributed by atoms with Crippen molar-refractivity contribution in [3.05, 3.63) is 30.3 Å². The number of para-hydroxylation sites is 1. The van der Waals surface area contributed by atoms with Crippen LogP contribution in [0.5, 0.6) is 5.75 Å². The molecule has 2 heterocycles. The van der Waals surface area contributed by atoms with Crippen LogP contribution < -0.4 is 4.74 Å². The Kier molecular flexibility index (Phi) is 4.78. The van der Waals surface area contributed by atoms with Gasteiger partial charge in [-0.1, -0.05) is 18.2 Å². The van der Waals surface area contributed by atoms with Crippen LogP contribution >= 0.6 is 0 Å². The summed E-state index contributed by atoms with van der Waals surface area (Å²) < 4.78 is 11.1. The lowest BCUT2D eigenvalue weighted by Gasteiger charge is -2.28. The third-order valence-electron chi connectivity index (χ3n) is 4.52. The standard InChI is InChI=1S/C17H25NO3/c19-17(14-21-16-4-2-1-3-5-16)8-9-18(13-17)12-15-6-10-20-11-7-15/h1-5,15,19H,6-14H2/t17-/m0/s1. The Morgan fingerprint density at radius 3 is 2.76 bits per heavy atom. The van der Waals surface area contributed by atoms with Crippen LogP contribution in [-0.2, 0) is 4.74 Å². The molecule has 1 aromatic carbocycles. The summed E-state index contributed by atoms with van der Waals surface area (Å²) in [5.41, 5.74) is -0.707. The highest BCUT2D eigenvalue weighted by atomic mass is 16.5. The van der Waals surface area contributed by atoms with Gasteiger partial charge in [0, 0.05) is 32.8 Å². The summed E-state index contributed by atoms with van der Waals surface area (Å²) in [6.45, 7) is 4.92. The second kappa shape index (κ2) is 6.77. The maximum absolute atomic E-state index is 10.7. The van der Waals surface area contributed by atoms with Crippen LogP contribution in [0.15, 0.2) is 30.3 Å². The molecular weight excluding hydrogens is 266 g/mol. The largest absolute Gasteiger partial charge is 0.491 e. The number of likely N-dealkylation sites (tertiary alicyclic amines) is 1. The minimum absolute atomic E-state index is 0.376. The van der Waals surface area contributed by atoms with Gasteiger partial charge in [0.15, 0.2) is 0 Å². The van der Waals surface area contributed by atoms with E-state index in [-0.39, 0.29) is 0 Å². The first-order chi connectivity index (χ1) is 10.2. The predicted octanol–water partition coefficient (Wildman–Crippen LogP) is 1.93. The molecule has 116 valence electrons. The monoisotopic (exact) mass is 291 g/mol. The third-order valence-corrected chi connectivity index (χ3v) is 4.52. The Bertz CT molecular complexity index is 433. The molecule has 0 spiro atoms. The fraction of sp³-hybridized carbons (Fsp3) is 0.647. The van der Waals surface area contributed by atoms with E-state index in [0.29, 0.717) is 6.61 Å². The van der Waals surface area contributed by atoms with Crippen molar-refractivity contribution in [2.75, 3.05) is 39.5 Å². The first-order valence-electron chi connectivity index (χ1n) is 7.94. The molecule has 2 aliphatic rings. The van der Waals surface area contributed by atoms with Gasteiger partial charge >= 0.3 is 0 Å². The van der Waals surface area contributed by atoms with E-state index in [2.05, 4.69) is 4.90 Å². The Morgan fingerprint density at radius 1 is 1.24 bits per heavy atom. The van der Waals surface area contributed by atoms with Crippen LogP contribution in [-0.4, -0.2) is 55.1 Å². The van der Waals surface area contributed by atoms with Crippen LogP contribution in [0.2, 0.25) is 0 Å². The molecule has 21 heavy (non-hydrogen) atoms. The minimum atomic E-state index is -0.707. The summed E-state index contributed by atoms with van der Waals surface area (Å²) in [5, 5.41) is 10.7. The molecule has 0 radical (unpaired) electrons. The van der Waals surface area contributed by atoms with Gasteiger partial charge in [0.2, 0.25) is 0 Å². The van der Waals surface area contributed by atoms with Gasteiger partial charge in [-0.15, -0.1) is 0 Å². The first kappa shape index (κ1) is 14.8. The Balaban J connectivity index is 1.46. The van der Waals surface area contributed by atoms with Gasteiger partial charge in [0.25, 0.3) is 0 Å². The topological polar surface area (TPSA) is 41.9 Å². The van der Waals surface area contributed by atoms with Crippen LogP contribution in [0.4, 0.5) is 0 Å². The minimum Gasteiger partial charge on any atom is -0.491 e. The molecule has 0 saturated carbocycles. The van der Waals surface area contributed by atoms with E-state index in [1.165, 1.54) is 0 Å². The number of hydrogen-bond acceptors (Lipinski definition) is 4. The van der Waals surface area contributed by atoms with Crippen molar-refractivity contribution >= 4 is 0 Å². The molecule has 1 N–H and O–H groups in total. The maximum atomic E-state index is 10.7. The van der Waals surface area contributed by atoms with E-state index < -0.39 is 5.60 Å². The van der Waals surface area contributed by atoms with Gasteiger partial charge in [0.1, 0.15) is 18.0 Å². The van der Waals surface area contributed by atoms with E-state index >= 15 is 0 Å². The number of aliphatic hydroxyl groups is 1. The zero-order valence-corrected chi connectivity index (χ0v) is 12.5. The highest BCUT2D eigenvalue weighted by molar-refractivity contribution is 5.21. The van der Waals surface area contributed by atoms with Gasteiger partial charge in [-0.05, 0) is 37.3 Å². The van der Waals surface area contributed by atoms with Gasteiger partial charge in [-0.25, -0.2) is 0 Å². The molecule has 0 amide bonds. The van der Waals surface area contributed by atoms with Crippen molar-refractivity contribution < 1.29 is 14.6 Å². The molecule has 2 fully saturated rings. The average molecular weight is 291 g/mol. The van der Waals surface area contributed by atoms with Gasteiger partial charge in [-0.3, -0.25) is 4.90 Å². The molecule has 0 unspecified atom stereocenters. The summed E-state index contributed by atoms with van der Waals surface area (Å²) in [7, 11) is 0. The van der Waals surface area contributed by atoms with Crippen molar-refractivity contribution in [2.45, 2.75) is 24.9 Å². The Labute approximate surface area is 126 Å². The number of benzene rings is 1. The zero-order valence-electron chi connectivity index (χ0n) is 12.5. The molecule has 0 aliphatic carbocycles. The van der Waals surface area contributed by atoms with Crippen molar-refractivity contribution in [3.8, 4) is 5.75 Å². The number of rotatable bonds is 5. The number of ether oxygens (including phenoxy) is 2. The lowest BCUT2D eigenvalue weighted by atomic mass is 10.00. The van der Waals surface area contributed by atoms with Gasteiger partial charge in [0.05, 0.1) is 0 Å². The van der Waals surface area contributed by atoms with Crippen LogP contribution in [0.25, 0.3) is 0 Å². The van der Waals surface area contributed by atoms with E-state index in [9.17, 15) is 5.11 Å². The van der Waals surface area contributed by atoms with E-state index in [0.717, 1.165) is 63.8 Å². The average Bonchev–Trinajstić information content (AvgIpc) is 2.89. The van der Waals surface area contributed by atoms with E-state index in [1.807, 2.05) is 30.3 Å². The van der Waals surface area contributed by atoms with E-state index in [4.69, 9.17) is 9.47 Å². The molecule has 1 atom stereocenters. The summed E-state index contributed by atoms with van der Waals surface area (Å²) in [6.07, 6.45) is 3.09. The van der Waals surface area contributed by atoms with Crippen LogP contribution in [0.3, 0.4) is 0 Å². The highest BCUT2D eigenvalue weighted by Gasteiger charge is 2.37. The van der Waals surface area contributed by atoms with Crippen molar-refractivity contribution in [1.29, 1.82) is 0 Å². The molecule has 0 bridgehead atoms. The lowest BCUT2D eigenvalue weighted by molar-refractivity contribution is 0.00000464. The molecule has 2 aliphatic heterocycles. The van der Waals surface area contributed by atoms with Gasteiger partial charge < -0.3 is 14.6 Å². The number of hydrogen-bond donors (Lipinski definition) is 1. The van der Waals surface area contributed by atoms with Crippen LogP contribution in [0, 0.1) is 5.92 Å². The Hall–Kier alpha value is -1.10. The summed E-state index contributed by atoms with van der Waals surface area (Å²) in [4.78, 5) is 2.38. The Morgan fingerprint density at radius 2 is 2.00 bits per heavy atom. The van der Waals surface area contributed by atoms with Gasteiger partial charge in [-0.2, -0.15) is 0 Å². The fourth-order valence-corrected chi connectivity index (χ4v) is 3.24. The molecule has 1 aromatic rings. The second-order valence-corrected chi connectivity index (χ2v) is 6.37. The second-order valence-electron chi connectivity index (χ2n) is 6.37. The molecule has 2 saturated heterocycles. The number of nitrogens with zero attached hydrogens (tertiary/aromatic N) is 1. The molecule has 0 aromatic heterocycles. The normalized spacial score (nSPS) is 27.9. The first-order valence-corrected chi connectivity index (χ1v) is 7.94.